The van der Waals surface area contributed by atoms with Gasteiger partial charge in [0.25, 0.3) is 0 Å². The van der Waals surface area contributed by atoms with Gasteiger partial charge in [0.1, 0.15) is 0 Å². The molecule has 1 rings (SSSR count). The van der Waals surface area contributed by atoms with E-state index in [0.29, 0.717) is 6.04 Å². The number of hydrogen-bond acceptors (Lipinski definition) is 2. The van der Waals surface area contributed by atoms with E-state index in [1.54, 1.807) is 0 Å². The Hall–Kier alpha value is -0.0800. The van der Waals surface area contributed by atoms with Crippen molar-refractivity contribution in [3.8, 4) is 0 Å². The van der Waals surface area contributed by atoms with Crippen LogP contribution in [0.2, 0.25) is 0 Å². The Bertz CT molecular complexity index is 116. The van der Waals surface area contributed by atoms with Crippen LogP contribution in [0, 0.1) is 0 Å². The van der Waals surface area contributed by atoms with Crippen molar-refractivity contribution in [3.63, 3.8) is 0 Å². The maximum Gasteiger partial charge on any atom is 0.0696 e. The summed E-state index contributed by atoms with van der Waals surface area (Å²) in [5.74, 6) is 0. The van der Waals surface area contributed by atoms with Crippen LogP contribution < -0.4 is 0 Å². The molecule has 0 aromatic rings. The second-order valence-corrected chi connectivity index (χ2v) is 3.34. The molecule has 1 aliphatic carbocycles. The molecule has 0 amide bonds. The fourth-order valence-electron chi connectivity index (χ4n) is 1.74. The molecule has 0 aliphatic heterocycles. The van der Waals surface area contributed by atoms with E-state index in [9.17, 15) is 5.11 Å². The lowest BCUT2D eigenvalue weighted by atomic mass is 9.87. The van der Waals surface area contributed by atoms with Crippen molar-refractivity contribution >= 4 is 0 Å². The molecule has 2 unspecified atom stereocenters. The average Bonchev–Trinajstić information content (AvgIpc) is 2.01. The summed E-state index contributed by atoms with van der Waals surface area (Å²) in [6.45, 7) is 6.57. The molecule has 0 bridgehead atoms. The Morgan fingerprint density at radius 1 is 1.36 bits per heavy atom. The van der Waals surface area contributed by atoms with Crippen molar-refractivity contribution in [1.82, 2.24) is 4.90 Å². The van der Waals surface area contributed by atoms with E-state index in [1.165, 1.54) is 12.8 Å². The standard InChI is InChI=1S/C9H19NO/c1-3-7-10(4-2)8-5-6-9(8)11/h8-9,11H,3-7H2,1-2H3. The molecule has 0 aromatic carbocycles. The highest BCUT2D eigenvalue weighted by molar-refractivity contribution is 4.87. The van der Waals surface area contributed by atoms with E-state index in [-0.39, 0.29) is 6.10 Å². The largest absolute Gasteiger partial charge is 0.391 e. The van der Waals surface area contributed by atoms with Gasteiger partial charge < -0.3 is 5.11 Å². The van der Waals surface area contributed by atoms with E-state index in [0.717, 1.165) is 19.5 Å². The van der Waals surface area contributed by atoms with Gasteiger partial charge in [-0.1, -0.05) is 13.8 Å². The minimum Gasteiger partial charge on any atom is -0.391 e. The SMILES string of the molecule is CCCN(CC)C1CCC1O. The molecule has 2 nitrogen and oxygen atoms in total. The van der Waals surface area contributed by atoms with Gasteiger partial charge in [-0.3, -0.25) is 4.90 Å². The molecule has 0 aromatic heterocycles. The molecular weight excluding hydrogens is 138 g/mol. The van der Waals surface area contributed by atoms with Crippen LogP contribution in [0.4, 0.5) is 0 Å². The van der Waals surface area contributed by atoms with Crippen molar-refractivity contribution in [3.05, 3.63) is 0 Å². The van der Waals surface area contributed by atoms with Gasteiger partial charge in [0.15, 0.2) is 0 Å². The van der Waals surface area contributed by atoms with Crippen molar-refractivity contribution in [2.24, 2.45) is 0 Å². The zero-order chi connectivity index (χ0) is 8.27. The van der Waals surface area contributed by atoms with Gasteiger partial charge in [0.2, 0.25) is 0 Å². The lowest BCUT2D eigenvalue weighted by molar-refractivity contribution is -0.0188. The number of aliphatic hydroxyl groups excluding tert-OH is 1. The van der Waals surface area contributed by atoms with Gasteiger partial charge in [0, 0.05) is 6.04 Å². The van der Waals surface area contributed by atoms with Crippen molar-refractivity contribution in [2.45, 2.75) is 45.3 Å². The maximum absolute atomic E-state index is 9.39. The summed E-state index contributed by atoms with van der Waals surface area (Å²) in [5.41, 5.74) is 0. The number of hydrogen-bond donors (Lipinski definition) is 1. The Morgan fingerprint density at radius 2 is 2.09 bits per heavy atom. The normalized spacial score (nSPS) is 30.5. The fourth-order valence-corrected chi connectivity index (χ4v) is 1.74. The van der Waals surface area contributed by atoms with E-state index >= 15 is 0 Å². The maximum atomic E-state index is 9.39. The molecule has 2 heteroatoms. The number of rotatable bonds is 4. The van der Waals surface area contributed by atoms with Crippen LogP contribution in [0.1, 0.15) is 33.1 Å². The molecule has 0 saturated heterocycles. The molecule has 0 spiro atoms. The third-order valence-corrected chi connectivity index (χ3v) is 2.59. The quantitative estimate of drug-likeness (QED) is 0.663. The molecule has 1 saturated carbocycles. The summed E-state index contributed by atoms with van der Waals surface area (Å²) < 4.78 is 0. The predicted octanol–water partition coefficient (Wildman–Crippen LogP) is 1.24. The van der Waals surface area contributed by atoms with Crippen LogP contribution >= 0.6 is 0 Å². The molecule has 2 atom stereocenters. The summed E-state index contributed by atoms with van der Waals surface area (Å²) >= 11 is 0. The Balaban J connectivity index is 2.29. The zero-order valence-electron chi connectivity index (χ0n) is 7.58. The summed E-state index contributed by atoms with van der Waals surface area (Å²) in [4.78, 5) is 2.38. The van der Waals surface area contributed by atoms with Gasteiger partial charge in [0.05, 0.1) is 6.10 Å². The predicted molar refractivity (Wildman–Crippen MR) is 46.6 cm³/mol. The minimum atomic E-state index is -0.0403. The van der Waals surface area contributed by atoms with Gasteiger partial charge in [-0.2, -0.15) is 0 Å². The van der Waals surface area contributed by atoms with Gasteiger partial charge in [-0.15, -0.1) is 0 Å². The Kier molecular flexibility index (Phi) is 3.34. The molecule has 11 heavy (non-hydrogen) atoms. The summed E-state index contributed by atoms with van der Waals surface area (Å²) in [6, 6.07) is 0.472. The van der Waals surface area contributed by atoms with Crippen molar-refractivity contribution in [1.29, 1.82) is 0 Å². The smallest absolute Gasteiger partial charge is 0.0696 e. The summed E-state index contributed by atoms with van der Waals surface area (Å²) in [6.07, 6.45) is 3.35. The highest BCUT2D eigenvalue weighted by atomic mass is 16.3. The highest BCUT2D eigenvalue weighted by Gasteiger charge is 2.32. The third kappa shape index (κ3) is 1.94. The van der Waals surface area contributed by atoms with Gasteiger partial charge in [-0.25, -0.2) is 0 Å². The fraction of sp³-hybridized carbons (Fsp3) is 1.00. The molecule has 66 valence electrons. The molecule has 0 heterocycles. The first-order valence-corrected chi connectivity index (χ1v) is 4.71. The molecule has 1 N–H and O–H groups in total. The van der Waals surface area contributed by atoms with Crippen LogP contribution in [-0.2, 0) is 0 Å². The molecule has 0 radical (unpaired) electrons. The second-order valence-electron chi connectivity index (χ2n) is 3.34. The van der Waals surface area contributed by atoms with Crippen molar-refractivity contribution < 1.29 is 5.11 Å². The van der Waals surface area contributed by atoms with Crippen LogP contribution in [0.15, 0.2) is 0 Å². The number of nitrogens with zero attached hydrogens (tertiary/aromatic N) is 1. The van der Waals surface area contributed by atoms with Crippen LogP contribution in [0.5, 0.6) is 0 Å². The monoisotopic (exact) mass is 157 g/mol. The van der Waals surface area contributed by atoms with E-state index in [1.807, 2.05) is 0 Å². The van der Waals surface area contributed by atoms with Gasteiger partial charge in [-0.05, 0) is 32.4 Å². The van der Waals surface area contributed by atoms with E-state index in [2.05, 4.69) is 18.7 Å². The first-order chi connectivity index (χ1) is 5.29. The van der Waals surface area contributed by atoms with Crippen LogP contribution in [-0.4, -0.2) is 35.2 Å². The molecule has 1 fully saturated rings. The van der Waals surface area contributed by atoms with Crippen molar-refractivity contribution in [2.75, 3.05) is 13.1 Å². The Morgan fingerprint density at radius 3 is 2.36 bits per heavy atom. The average molecular weight is 157 g/mol. The molecule has 1 aliphatic rings. The second kappa shape index (κ2) is 4.07. The van der Waals surface area contributed by atoms with Crippen LogP contribution in [0.3, 0.4) is 0 Å². The lowest BCUT2D eigenvalue weighted by Gasteiger charge is -2.41. The zero-order valence-corrected chi connectivity index (χ0v) is 7.58. The first kappa shape index (κ1) is 9.01. The topological polar surface area (TPSA) is 23.5 Å². The van der Waals surface area contributed by atoms with Crippen LogP contribution in [0.25, 0.3) is 0 Å². The van der Waals surface area contributed by atoms with Gasteiger partial charge >= 0.3 is 0 Å². The van der Waals surface area contributed by atoms with E-state index in [4.69, 9.17) is 0 Å². The lowest BCUT2D eigenvalue weighted by Crippen LogP contribution is -2.50. The number of likely N-dealkylation sites (N-methyl/N-ethyl adjacent to an activating group) is 1. The Labute approximate surface area is 69.2 Å². The van der Waals surface area contributed by atoms with E-state index < -0.39 is 0 Å². The summed E-state index contributed by atoms with van der Waals surface area (Å²) in [5, 5.41) is 9.39. The first-order valence-electron chi connectivity index (χ1n) is 4.71. The minimum absolute atomic E-state index is 0.0403. The highest BCUT2D eigenvalue weighted by Crippen LogP contribution is 2.25. The summed E-state index contributed by atoms with van der Waals surface area (Å²) in [7, 11) is 0. The number of aliphatic hydroxyl groups is 1. The third-order valence-electron chi connectivity index (χ3n) is 2.59. The molecular formula is C9H19NO.